The second kappa shape index (κ2) is 4.90. The van der Waals surface area contributed by atoms with Crippen LogP contribution in [0.5, 0.6) is 0 Å². The molecule has 21 heavy (non-hydrogen) atoms. The van der Waals surface area contributed by atoms with E-state index in [1.165, 1.54) is 12.1 Å². The second-order valence-corrected chi connectivity index (χ2v) is 4.13. The van der Waals surface area contributed by atoms with Crippen molar-refractivity contribution in [3.05, 3.63) is 52.1 Å². The van der Waals surface area contributed by atoms with Crippen LogP contribution < -0.4 is 5.32 Å². The minimum atomic E-state index is -0.556. The molecule has 0 bridgehead atoms. The van der Waals surface area contributed by atoms with Gasteiger partial charge in [0.15, 0.2) is 5.52 Å². The normalized spacial score (nSPS) is 10.2. The van der Waals surface area contributed by atoms with Crippen molar-refractivity contribution in [3.8, 4) is 6.07 Å². The number of hydrogen-bond acceptors (Lipinski definition) is 7. The van der Waals surface area contributed by atoms with Crippen LogP contribution in [0.1, 0.15) is 5.56 Å². The van der Waals surface area contributed by atoms with Crippen LogP contribution in [0.3, 0.4) is 0 Å². The summed E-state index contributed by atoms with van der Waals surface area (Å²) in [5.74, 6) is 0. The first-order valence-corrected chi connectivity index (χ1v) is 5.86. The van der Waals surface area contributed by atoms with E-state index in [0.717, 1.165) is 0 Å². The lowest BCUT2D eigenvalue weighted by atomic mass is 10.1. The molecule has 0 fully saturated rings. The van der Waals surface area contributed by atoms with E-state index in [9.17, 15) is 10.1 Å². The zero-order valence-electron chi connectivity index (χ0n) is 10.5. The molecule has 3 aromatic rings. The summed E-state index contributed by atoms with van der Waals surface area (Å²) in [6.45, 7) is 0. The summed E-state index contributed by atoms with van der Waals surface area (Å²) >= 11 is 0. The molecular weight excluding hydrogens is 274 g/mol. The first-order chi connectivity index (χ1) is 10.2. The second-order valence-electron chi connectivity index (χ2n) is 4.13. The van der Waals surface area contributed by atoms with E-state index in [4.69, 9.17) is 5.26 Å². The Hall–Kier alpha value is -3.47. The number of nitrogens with one attached hydrogen (secondary N) is 1. The molecule has 0 aliphatic carbocycles. The molecule has 0 atom stereocenters. The zero-order chi connectivity index (χ0) is 14.8. The first-order valence-electron chi connectivity index (χ1n) is 5.86. The van der Waals surface area contributed by atoms with E-state index in [1.54, 1.807) is 24.3 Å². The molecule has 1 aromatic heterocycles. The largest absolute Gasteiger partial charge is 0.353 e. The Morgan fingerprint density at radius 3 is 2.67 bits per heavy atom. The highest BCUT2D eigenvalue weighted by atomic mass is 16.6. The Bertz CT molecular complexity index is 881. The molecule has 0 unspecified atom stereocenters. The monoisotopic (exact) mass is 281 g/mol. The maximum atomic E-state index is 10.9. The summed E-state index contributed by atoms with van der Waals surface area (Å²) in [4.78, 5) is 10.4. The summed E-state index contributed by atoms with van der Waals surface area (Å²) < 4.78 is 4.58. The van der Waals surface area contributed by atoms with Gasteiger partial charge in [0.2, 0.25) is 5.52 Å². The van der Waals surface area contributed by atoms with Gasteiger partial charge in [0.05, 0.1) is 21.9 Å². The predicted molar refractivity (Wildman–Crippen MR) is 72.9 cm³/mol. The van der Waals surface area contributed by atoms with E-state index < -0.39 is 4.92 Å². The maximum Gasteiger partial charge on any atom is 0.300 e. The average molecular weight is 281 g/mol. The highest BCUT2D eigenvalue weighted by Crippen LogP contribution is 2.31. The molecule has 0 amide bonds. The topological polar surface area (TPSA) is 118 Å². The van der Waals surface area contributed by atoms with Crippen LogP contribution in [0, 0.1) is 21.4 Å². The number of para-hydroxylation sites is 1. The van der Waals surface area contributed by atoms with Gasteiger partial charge < -0.3 is 5.32 Å². The van der Waals surface area contributed by atoms with Gasteiger partial charge >= 0.3 is 5.69 Å². The predicted octanol–water partition coefficient (Wildman–Crippen LogP) is 2.75. The zero-order valence-corrected chi connectivity index (χ0v) is 10.5. The van der Waals surface area contributed by atoms with Gasteiger partial charge in [-0.2, -0.15) is 5.26 Å². The number of benzene rings is 2. The number of anilines is 2. The van der Waals surface area contributed by atoms with Crippen LogP contribution in [0.25, 0.3) is 11.0 Å². The van der Waals surface area contributed by atoms with Crippen molar-refractivity contribution >= 4 is 28.1 Å². The smallest absolute Gasteiger partial charge is 0.300 e. The van der Waals surface area contributed by atoms with E-state index in [-0.39, 0.29) is 16.7 Å². The van der Waals surface area contributed by atoms with Crippen molar-refractivity contribution in [1.29, 1.82) is 5.26 Å². The van der Waals surface area contributed by atoms with Crippen LogP contribution in [0.4, 0.5) is 17.1 Å². The lowest BCUT2D eigenvalue weighted by Crippen LogP contribution is -1.96. The molecule has 0 aliphatic rings. The third kappa shape index (κ3) is 2.12. The Morgan fingerprint density at radius 2 is 1.90 bits per heavy atom. The van der Waals surface area contributed by atoms with Gasteiger partial charge in [-0.05, 0) is 28.5 Å². The fourth-order valence-corrected chi connectivity index (χ4v) is 1.94. The van der Waals surface area contributed by atoms with Gasteiger partial charge in [0.1, 0.15) is 6.07 Å². The van der Waals surface area contributed by atoms with Crippen molar-refractivity contribution in [2.45, 2.75) is 0 Å². The van der Waals surface area contributed by atoms with Crippen LogP contribution in [-0.2, 0) is 0 Å². The van der Waals surface area contributed by atoms with Crippen LogP contribution in [0.15, 0.2) is 41.0 Å². The number of rotatable bonds is 3. The third-order valence-corrected chi connectivity index (χ3v) is 2.91. The van der Waals surface area contributed by atoms with E-state index in [0.29, 0.717) is 16.9 Å². The molecule has 1 heterocycles. The molecular formula is C13H7N5O3. The summed E-state index contributed by atoms with van der Waals surface area (Å²) in [5, 5.41) is 30.2. The van der Waals surface area contributed by atoms with Gasteiger partial charge in [-0.25, -0.2) is 4.63 Å². The average Bonchev–Trinajstić information content (AvgIpc) is 2.97. The quantitative estimate of drug-likeness (QED) is 0.579. The molecule has 0 spiro atoms. The third-order valence-electron chi connectivity index (χ3n) is 2.91. The van der Waals surface area contributed by atoms with Crippen molar-refractivity contribution in [2.24, 2.45) is 0 Å². The lowest BCUT2D eigenvalue weighted by Gasteiger charge is -2.07. The van der Waals surface area contributed by atoms with Gasteiger partial charge in [0.25, 0.3) is 0 Å². The minimum Gasteiger partial charge on any atom is -0.353 e. The molecule has 0 radical (unpaired) electrons. The van der Waals surface area contributed by atoms with Crippen molar-refractivity contribution in [3.63, 3.8) is 0 Å². The molecule has 3 rings (SSSR count). The first kappa shape index (κ1) is 12.6. The summed E-state index contributed by atoms with van der Waals surface area (Å²) in [6.07, 6.45) is 0. The number of nitro groups is 1. The van der Waals surface area contributed by atoms with Gasteiger partial charge in [-0.15, -0.1) is 0 Å². The SMILES string of the molecule is N#Cc1ccccc1Nc1ccc([N+](=O)[O-])c2nonc12. The summed E-state index contributed by atoms with van der Waals surface area (Å²) in [6, 6.07) is 11.8. The van der Waals surface area contributed by atoms with Crippen molar-refractivity contribution in [2.75, 3.05) is 5.32 Å². The summed E-state index contributed by atoms with van der Waals surface area (Å²) in [7, 11) is 0. The molecule has 0 saturated carbocycles. The van der Waals surface area contributed by atoms with Crippen molar-refractivity contribution < 1.29 is 9.55 Å². The molecule has 102 valence electrons. The highest BCUT2D eigenvalue weighted by Gasteiger charge is 2.19. The van der Waals surface area contributed by atoms with E-state index in [2.05, 4.69) is 26.3 Å². The maximum absolute atomic E-state index is 10.9. The van der Waals surface area contributed by atoms with Crippen LogP contribution in [0.2, 0.25) is 0 Å². The van der Waals surface area contributed by atoms with Gasteiger partial charge in [-0.3, -0.25) is 10.1 Å². The fraction of sp³-hybridized carbons (Fsp3) is 0. The number of aromatic nitrogens is 2. The molecule has 2 aromatic carbocycles. The van der Waals surface area contributed by atoms with E-state index >= 15 is 0 Å². The van der Waals surface area contributed by atoms with Gasteiger partial charge in [-0.1, -0.05) is 12.1 Å². The lowest BCUT2D eigenvalue weighted by molar-refractivity contribution is -0.383. The minimum absolute atomic E-state index is 0.0550. The Labute approximate surface area is 117 Å². The van der Waals surface area contributed by atoms with E-state index in [1.807, 2.05) is 0 Å². The molecule has 0 saturated heterocycles. The summed E-state index contributed by atoms with van der Waals surface area (Å²) in [5.41, 5.74) is 1.58. The fourth-order valence-electron chi connectivity index (χ4n) is 1.94. The van der Waals surface area contributed by atoms with Crippen molar-refractivity contribution in [1.82, 2.24) is 10.3 Å². The highest BCUT2D eigenvalue weighted by molar-refractivity contribution is 5.95. The van der Waals surface area contributed by atoms with Gasteiger partial charge in [0, 0.05) is 6.07 Å². The molecule has 8 nitrogen and oxygen atoms in total. The van der Waals surface area contributed by atoms with Crippen LogP contribution in [-0.4, -0.2) is 15.2 Å². The molecule has 1 N–H and O–H groups in total. The molecule has 0 aliphatic heterocycles. The number of nitriles is 1. The number of fused-ring (bicyclic) bond motifs is 1. The Kier molecular flexibility index (Phi) is 2.93. The number of nitrogens with zero attached hydrogens (tertiary/aromatic N) is 4. The standard InChI is InChI=1S/C13H7N5O3/c14-7-8-3-1-2-4-9(8)15-10-5-6-11(18(19)20)13-12(10)16-21-17-13/h1-6,15H. The number of nitro benzene ring substituents is 1. The Balaban J connectivity index is 2.11. The Morgan fingerprint density at radius 1 is 1.14 bits per heavy atom. The molecule has 8 heteroatoms. The number of non-ortho nitro benzene ring substituents is 1. The number of hydrogen-bond donors (Lipinski definition) is 1. The van der Waals surface area contributed by atoms with Crippen LogP contribution >= 0.6 is 0 Å².